The van der Waals surface area contributed by atoms with Gasteiger partial charge < -0.3 is 9.67 Å². The average Bonchev–Trinajstić information content (AvgIpc) is 2.75. The van der Waals surface area contributed by atoms with E-state index >= 15 is 0 Å². The molecule has 3 nitrogen and oxygen atoms in total. The highest BCUT2D eigenvalue weighted by Crippen LogP contribution is 2.20. The summed E-state index contributed by atoms with van der Waals surface area (Å²) in [6.07, 6.45) is 1.78. The van der Waals surface area contributed by atoms with Gasteiger partial charge in [-0.3, -0.25) is 0 Å². The quantitative estimate of drug-likeness (QED) is 0.765. The molecule has 18 heavy (non-hydrogen) atoms. The fourth-order valence-corrected chi connectivity index (χ4v) is 2.08. The maximum absolute atomic E-state index is 9.52. The van der Waals surface area contributed by atoms with Gasteiger partial charge in [-0.25, -0.2) is 4.98 Å². The van der Waals surface area contributed by atoms with E-state index in [9.17, 15) is 5.11 Å². The van der Waals surface area contributed by atoms with E-state index in [-0.39, 0.29) is 5.75 Å². The van der Waals surface area contributed by atoms with Crippen molar-refractivity contribution in [1.29, 1.82) is 0 Å². The number of phenolic OH excluding ortho intramolecular Hbond substituents is 1. The van der Waals surface area contributed by atoms with Crippen molar-refractivity contribution in [2.75, 3.05) is 0 Å². The SMILES string of the molecule is Oc1ccc2ncn(Cc3ccc(Cl)cc3)c2c1. The second-order valence-electron chi connectivity index (χ2n) is 4.17. The van der Waals surface area contributed by atoms with Gasteiger partial charge in [0.15, 0.2) is 0 Å². The van der Waals surface area contributed by atoms with Gasteiger partial charge >= 0.3 is 0 Å². The van der Waals surface area contributed by atoms with Crippen LogP contribution in [0.5, 0.6) is 5.75 Å². The fourth-order valence-electron chi connectivity index (χ4n) is 1.96. The summed E-state index contributed by atoms with van der Waals surface area (Å²) in [6, 6.07) is 12.9. The minimum Gasteiger partial charge on any atom is -0.508 e. The Hall–Kier alpha value is -2.00. The normalized spacial score (nSPS) is 10.9. The first kappa shape index (κ1) is 11.1. The summed E-state index contributed by atoms with van der Waals surface area (Å²) in [4.78, 5) is 4.30. The smallest absolute Gasteiger partial charge is 0.117 e. The zero-order valence-electron chi connectivity index (χ0n) is 9.55. The molecule has 0 aliphatic heterocycles. The second kappa shape index (κ2) is 4.35. The van der Waals surface area contributed by atoms with Crippen LogP contribution in [-0.2, 0) is 6.54 Å². The van der Waals surface area contributed by atoms with Crippen molar-refractivity contribution in [2.24, 2.45) is 0 Å². The van der Waals surface area contributed by atoms with Gasteiger partial charge in [-0.15, -0.1) is 0 Å². The van der Waals surface area contributed by atoms with Crippen molar-refractivity contribution < 1.29 is 5.11 Å². The maximum atomic E-state index is 9.52. The highest BCUT2D eigenvalue weighted by Gasteiger charge is 2.04. The van der Waals surface area contributed by atoms with Crippen molar-refractivity contribution >= 4 is 22.6 Å². The first-order valence-electron chi connectivity index (χ1n) is 5.61. The van der Waals surface area contributed by atoms with Gasteiger partial charge in [-0.1, -0.05) is 23.7 Å². The van der Waals surface area contributed by atoms with Crippen LogP contribution in [0, 0.1) is 0 Å². The molecule has 1 heterocycles. The van der Waals surface area contributed by atoms with Crippen LogP contribution in [0.4, 0.5) is 0 Å². The van der Waals surface area contributed by atoms with Crippen LogP contribution in [0.3, 0.4) is 0 Å². The van der Waals surface area contributed by atoms with Crippen LogP contribution in [0.15, 0.2) is 48.8 Å². The molecule has 3 aromatic rings. The Morgan fingerprint density at radius 3 is 2.67 bits per heavy atom. The van der Waals surface area contributed by atoms with Crippen LogP contribution in [0.1, 0.15) is 5.56 Å². The number of phenols is 1. The van der Waals surface area contributed by atoms with E-state index in [1.54, 1.807) is 18.5 Å². The van der Waals surface area contributed by atoms with Gasteiger partial charge in [0, 0.05) is 17.6 Å². The number of aromatic nitrogens is 2. The molecule has 3 rings (SSSR count). The number of imidazole rings is 1. The van der Waals surface area contributed by atoms with Gasteiger partial charge in [0.1, 0.15) is 5.75 Å². The Bertz CT molecular complexity index is 689. The van der Waals surface area contributed by atoms with Crippen molar-refractivity contribution in [1.82, 2.24) is 9.55 Å². The lowest BCUT2D eigenvalue weighted by Crippen LogP contribution is -1.97. The minimum absolute atomic E-state index is 0.250. The number of rotatable bonds is 2. The molecule has 90 valence electrons. The Morgan fingerprint density at radius 1 is 1.11 bits per heavy atom. The summed E-state index contributed by atoms with van der Waals surface area (Å²) >= 11 is 5.86. The molecule has 0 spiro atoms. The molecule has 1 aromatic heterocycles. The summed E-state index contributed by atoms with van der Waals surface area (Å²) in [7, 11) is 0. The van der Waals surface area contributed by atoms with Crippen LogP contribution < -0.4 is 0 Å². The first-order valence-corrected chi connectivity index (χ1v) is 5.98. The lowest BCUT2D eigenvalue weighted by Gasteiger charge is -2.05. The lowest BCUT2D eigenvalue weighted by molar-refractivity contribution is 0.476. The molecule has 4 heteroatoms. The van der Waals surface area contributed by atoms with E-state index in [1.165, 1.54) is 0 Å². The van der Waals surface area contributed by atoms with E-state index in [1.807, 2.05) is 34.9 Å². The fraction of sp³-hybridized carbons (Fsp3) is 0.0714. The summed E-state index contributed by atoms with van der Waals surface area (Å²) in [6.45, 7) is 0.705. The number of benzene rings is 2. The number of aromatic hydroxyl groups is 1. The molecule has 0 aliphatic carbocycles. The molecular formula is C14H11ClN2O. The van der Waals surface area contributed by atoms with Gasteiger partial charge in [-0.2, -0.15) is 0 Å². The van der Waals surface area contributed by atoms with E-state index in [4.69, 9.17) is 11.6 Å². The topological polar surface area (TPSA) is 38.1 Å². The van der Waals surface area contributed by atoms with Crippen LogP contribution in [0.25, 0.3) is 11.0 Å². The van der Waals surface area contributed by atoms with Crippen LogP contribution >= 0.6 is 11.6 Å². The molecule has 0 radical (unpaired) electrons. The maximum Gasteiger partial charge on any atom is 0.117 e. The van der Waals surface area contributed by atoms with E-state index < -0.39 is 0 Å². The summed E-state index contributed by atoms with van der Waals surface area (Å²) in [5, 5.41) is 10.2. The summed E-state index contributed by atoms with van der Waals surface area (Å²) in [5.41, 5.74) is 2.94. The van der Waals surface area contributed by atoms with Gasteiger partial charge in [0.05, 0.1) is 17.4 Å². The highest BCUT2D eigenvalue weighted by atomic mass is 35.5. The molecule has 0 aliphatic rings. The number of hydrogen-bond acceptors (Lipinski definition) is 2. The predicted molar refractivity (Wildman–Crippen MR) is 72.0 cm³/mol. The third-order valence-corrected chi connectivity index (χ3v) is 3.12. The van der Waals surface area contributed by atoms with E-state index in [2.05, 4.69) is 4.98 Å². The van der Waals surface area contributed by atoms with Gasteiger partial charge in [-0.05, 0) is 29.8 Å². The zero-order valence-corrected chi connectivity index (χ0v) is 10.3. The standard InChI is InChI=1S/C14H11ClN2O/c15-11-3-1-10(2-4-11)8-17-9-16-13-6-5-12(18)7-14(13)17/h1-7,9,18H,8H2. The molecule has 0 fully saturated rings. The minimum atomic E-state index is 0.250. The molecule has 0 amide bonds. The monoisotopic (exact) mass is 258 g/mol. The van der Waals surface area contributed by atoms with Crippen molar-refractivity contribution in [2.45, 2.75) is 6.54 Å². The third-order valence-electron chi connectivity index (χ3n) is 2.87. The molecule has 1 N–H and O–H groups in total. The Kier molecular flexibility index (Phi) is 2.68. The molecule has 0 bridgehead atoms. The third kappa shape index (κ3) is 2.05. The molecule has 0 atom stereocenters. The summed E-state index contributed by atoms with van der Waals surface area (Å²) < 4.78 is 2.00. The van der Waals surface area contributed by atoms with Crippen LogP contribution in [-0.4, -0.2) is 14.7 Å². The highest BCUT2D eigenvalue weighted by molar-refractivity contribution is 6.30. The van der Waals surface area contributed by atoms with Crippen molar-refractivity contribution in [3.05, 3.63) is 59.4 Å². The zero-order chi connectivity index (χ0) is 12.5. The second-order valence-corrected chi connectivity index (χ2v) is 4.61. The van der Waals surface area contributed by atoms with Gasteiger partial charge in [0.2, 0.25) is 0 Å². The molecule has 0 unspecified atom stereocenters. The Morgan fingerprint density at radius 2 is 1.89 bits per heavy atom. The van der Waals surface area contributed by atoms with E-state index in [0.29, 0.717) is 6.54 Å². The number of halogens is 1. The average molecular weight is 259 g/mol. The molecule has 0 saturated carbocycles. The number of nitrogens with zero attached hydrogens (tertiary/aromatic N) is 2. The van der Waals surface area contributed by atoms with Crippen LogP contribution in [0.2, 0.25) is 5.02 Å². The lowest BCUT2D eigenvalue weighted by atomic mass is 10.2. The number of fused-ring (bicyclic) bond motifs is 1. The van der Waals surface area contributed by atoms with Crippen molar-refractivity contribution in [3.8, 4) is 5.75 Å². The largest absolute Gasteiger partial charge is 0.508 e. The van der Waals surface area contributed by atoms with E-state index in [0.717, 1.165) is 21.6 Å². The molecule has 2 aromatic carbocycles. The van der Waals surface area contributed by atoms with Crippen molar-refractivity contribution in [3.63, 3.8) is 0 Å². The summed E-state index contributed by atoms with van der Waals surface area (Å²) in [5.74, 6) is 0.250. The number of hydrogen-bond donors (Lipinski definition) is 1. The Labute approximate surface area is 109 Å². The Balaban J connectivity index is 1.99. The first-order chi connectivity index (χ1) is 8.72. The molecule has 0 saturated heterocycles. The van der Waals surface area contributed by atoms with Gasteiger partial charge in [0.25, 0.3) is 0 Å². The molecular weight excluding hydrogens is 248 g/mol. The predicted octanol–water partition coefficient (Wildman–Crippen LogP) is 3.44.